The minimum absolute atomic E-state index is 0.336. The molecule has 1 aliphatic rings. The summed E-state index contributed by atoms with van der Waals surface area (Å²) in [5.41, 5.74) is 3.88. The predicted octanol–water partition coefficient (Wildman–Crippen LogP) is 2.86. The number of hydrogen-bond acceptors (Lipinski definition) is 2. The van der Waals surface area contributed by atoms with Crippen LogP contribution in [0.15, 0.2) is 18.2 Å². The second kappa shape index (κ2) is 4.28. The highest BCUT2D eigenvalue weighted by Crippen LogP contribution is 2.26. The van der Waals surface area contributed by atoms with Crippen molar-refractivity contribution in [2.75, 3.05) is 11.4 Å². The first-order valence-corrected chi connectivity index (χ1v) is 5.93. The van der Waals surface area contributed by atoms with Gasteiger partial charge in [-0.1, -0.05) is 17.7 Å². The van der Waals surface area contributed by atoms with E-state index >= 15 is 0 Å². The number of Topliss-reactive ketones (excluding diaryl/α,β-unsaturated/α-hetero) is 1. The number of ketones is 1. The number of rotatable bonds is 1. The molecule has 0 spiro atoms. The molecule has 1 fully saturated rings. The fourth-order valence-corrected chi connectivity index (χ4v) is 2.49. The number of carbonyl (C=O) groups excluding carboxylic acids is 1. The molecule has 0 aliphatic carbocycles. The molecule has 0 saturated carbocycles. The number of aryl methyl sites for hydroxylation is 2. The van der Waals surface area contributed by atoms with Crippen molar-refractivity contribution in [2.24, 2.45) is 0 Å². The lowest BCUT2D eigenvalue weighted by molar-refractivity contribution is -0.120. The number of hydrogen-bond donors (Lipinski definition) is 0. The van der Waals surface area contributed by atoms with Crippen LogP contribution in [0.1, 0.15) is 30.9 Å². The van der Waals surface area contributed by atoms with Gasteiger partial charge < -0.3 is 4.90 Å². The van der Waals surface area contributed by atoms with Gasteiger partial charge in [-0.25, -0.2) is 0 Å². The molecule has 1 atom stereocenters. The summed E-state index contributed by atoms with van der Waals surface area (Å²) in [4.78, 5) is 13.7. The average molecular weight is 217 g/mol. The zero-order valence-electron chi connectivity index (χ0n) is 10.3. The number of piperidine rings is 1. The van der Waals surface area contributed by atoms with Gasteiger partial charge in [0.25, 0.3) is 0 Å². The lowest BCUT2D eigenvalue weighted by Crippen LogP contribution is -2.41. The molecule has 1 aromatic rings. The van der Waals surface area contributed by atoms with E-state index in [1.165, 1.54) is 16.8 Å². The maximum atomic E-state index is 11.4. The first kappa shape index (κ1) is 11.2. The van der Waals surface area contributed by atoms with Crippen molar-refractivity contribution >= 4 is 11.5 Å². The summed E-state index contributed by atoms with van der Waals surface area (Å²) in [6.07, 6.45) is 1.38. The van der Waals surface area contributed by atoms with E-state index < -0.39 is 0 Å². The van der Waals surface area contributed by atoms with E-state index in [1.54, 1.807) is 0 Å². The summed E-state index contributed by atoms with van der Waals surface area (Å²) in [6, 6.07) is 6.86. The van der Waals surface area contributed by atoms with Gasteiger partial charge in [-0.05, 0) is 32.4 Å². The smallest absolute Gasteiger partial charge is 0.136 e. The van der Waals surface area contributed by atoms with Crippen molar-refractivity contribution in [3.8, 4) is 0 Å². The first-order chi connectivity index (χ1) is 7.58. The maximum absolute atomic E-state index is 11.4. The standard InChI is InChI=1S/C14H19NO/c1-10-4-5-14(11(2)8-10)15-7-6-13(16)9-12(15)3/h4-5,8,12H,6-7,9H2,1-3H3. The monoisotopic (exact) mass is 217 g/mol. The van der Waals surface area contributed by atoms with Gasteiger partial charge >= 0.3 is 0 Å². The Morgan fingerprint density at radius 3 is 2.69 bits per heavy atom. The highest BCUT2D eigenvalue weighted by molar-refractivity contribution is 5.81. The Morgan fingerprint density at radius 2 is 2.06 bits per heavy atom. The van der Waals surface area contributed by atoms with Gasteiger partial charge in [0, 0.05) is 31.1 Å². The molecule has 0 radical (unpaired) electrons. The van der Waals surface area contributed by atoms with Gasteiger partial charge in [0.1, 0.15) is 5.78 Å². The third-order valence-corrected chi connectivity index (χ3v) is 3.35. The van der Waals surface area contributed by atoms with Gasteiger partial charge in [-0.3, -0.25) is 4.79 Å². The molecule has 2 rings (SSSR count). The Labute approximate surface area is 97.3 Å². The summed E-state index contributed by atoms with van der Waals surface area (Å²) in [6.45, 7) is 7.26. The SMILES string of the molecule is Cc1ccc(N2CCC(=O)CC2C)c(C)c1. The Hall–Kier alpha value is -1.31. The van der Waals surface area contributed by atoms with Gasteiger partial charge in [0.2, 0.25) is 0 Å². The van der Waals surface area contributed by atoms with E-state index in [4.69, 9.17) is 0 Å². The second-order valence-electron chi connectivity index (χ2n) is 4.83. The van der Waals surface area contributed by atoms with Crippen molar-refractivity contribution in [1.82, 2.24) is 0 Å². The lowest BCUT2D eigenvalue weighted by Gasteiger charge is -2.35. The number of nitrogens with zero attached hydrogens (tertiary/aromatic N) is 1. The average Bonchev–Trinajstić information content (AvgIpc) is 2.19. The van der Waals surface area contributed by atoms with E-state index in [0.717, 1.165) is 6.54 Å². The minimum atomic E-state index is 0.336. The van der Waals surface area contributed by atoms with Crippen LogP contribution in [0, 0.1) is 13.8 Å². The van der Waals surface area contributed by atoms with Crippen LogP contribution < -0.4 is 4.90 Å². The molecule has 16 heavy (non-hydrogen) atoms. The summed E-state index contributed by atoms with van der Waals surface area (Å²) in [5.74, 6) is 0.397. The molecule has 0 aromatic heterocycles. The van der Waals surface area contributed by atoms with Crippen LogP contribution in [0.25, 0.3) is 0 Å². The predicted molar refractivity (Wildman–Crippen MR) is 67.0 cm³/mol. The maximum Gasteiger partial charge on any atom is 0.136 e. The normalized spacial score (nSPS) is 21.3. The van der Waals surface area contributed by atoms with E-state index in [0.29, 0.717) is 24.7 Å². The summed E-state index contributed by atoms with van der Waals surface area (Å²) < 4.78 is 0. The van der Waals surface area contributed by atoms with Crippen LogP contribution >= 0.6 is 0 Å². The molecular weight excluding hydrogens is 198 g/mol. The number of carbonyl (C=O) groups is 1. The highest BCUT2D eigenvalue weighted by atomic mass is 16.1. The molecule has 2 nitrogen and oxygen atoms in total. The van der Waals surface area contributed by atoms with Crippen LogP contribution in [0.5, 0.6) is 0 Å². The fraction of sp³-hybridized carbons (Fsp3) is 0.500. The molecule has 0 amide bonds. The zero-order chi connectivity index (χ0) is 11.7. The van der Waals surface area contributed by atoms with Gasteiger partial charge in [0.15, 0.2) is 0 Å². The Morgan fingerprint density at radius 1 is 1.31 bits per heavy atom. The third-order valence-electron chi connectivity index (χ3n) is 3.35. The van der Waals surface area contributed by atoms with Gasteiger partial charge in [0.05, 0.1) is 0 Å². The molecular formula is C14H19NO. The van der Waals surface area contributed by atoms with Crippen LogP contribution in [-0.4, -0.2) is 18.4 Å². The first-order valence-electron chi connectivity index (χ1n) is 5.93. The Balaban J connectivity index is 2.26. The van der Waals surface area contributed by atoms with E-state index in [9.17, 15) is 4.79 Å². The molecule has 86 valence electrons. The van der Waals surface area contributed by atoms with E-state index in [1.807, 2.05) is 0 Å². The third kappa shape index (κ3) is 2.11. The molecule has 2 heteroatoms. The molecule has 0 bridgehead atoms. The van der Waals surface area contributed by atoms with Gasteiger partial charge in [-0.2, -0.15) is 0 Å². The van der Waals surface area contributed by atoms with Crippen LogP contribution in [0.2, 0.25) is 0 Å². The number of benzene rings is 1. The summed E-state index contributed by atoms with van der Waals surface area (Å²) in [7, 11) is 0. The molecule has 1 saturated heterocycles. The van der Waals surface area contributed by atoms with Crippen LogP contribution in [-0.2, 0) is 4.79 Å². The summed E-state index contributed by atoms with van der Waals surface area (Å²) >= 11 is 0. The van der Waals surface area contributed by atoms with E-state index in [-0.39, 0.29) is 0 Å². The highest BCUT2D eigenvalue weighted by Gasteiger charge is 2.24. The van der Waals surface area contributed by atoms with Crippen molar-refractivity contribution in [1.29, 1.82) is 0 Å². The largest absolute Gasteiger partial charge is 0.368 e. The lowest BCUT2D eigenvalue weighted by atomic mass is 9.99. The van der Waals surface area contributed by atoms with E-state index in [2.05, 4.69) is 43.9 Å². The molecule has 1 aromatic carbocycles. The van der Waals surface area contributed by atoms with Crippen LogP contribution in [0.3, 0.4) is 0 Å². The van der Waals surface area contributed by atoms with Crippen molar-refractivity contribution in [2.45, 2.75) is 39.7 Å². The number of anilines is 1. The Kier molecular flexibility index (Phi) is 2.99. The van der Waals surface area contributed by atoms with Crippen molar-refractivity contribution in [3.63, 3.8) is 0 Å². The molecule has 0 N–H and O–H groups in total. The van der Waals surface area contributed by atoms with Crippen molar-refractivity contribution < 1.29 is 4.79 Å². The summed E-state index contributed by atoms with van der Waals surface area (Å²) in [5, 5.41) is 0. The Bertz CT molecular complexity index is 411. The second-order valence-corrected chi connectivity index (χ2v) is 4.83. The minimum Gasteiger partial charge on any atom is -0.368 e. The molecule has 1 heterocycles. The van der Waals surface area contributed by atoms with Gasteiger partial charge in [-0.15, -0.1) is 0 Å². The molecule has 1 aliphatic heterocycles. The van der Waals surface area contributed by atoms with Crippen molar-refractivity contribution in [3.05, 3.63) is 29.3 Å². The quantitative estimate of drug-likeness (QED) is 0.721. The topological polar surface area (TPSA) is 20.3 Å². The van der Waals surface area contributed by atoms with Crippen LogP contribution in [0.4, 0.5) is 5.69 Å². The zero-order valence-corrected chi connectivity index (χ0v) is 10.3. The fourth-order valence-electron chi connectivity index (χ4n) is 2.49. The molecule has 1 unspecified atom stereocenters.